The summed E-state index contributed by atoms with van der Waals surface area (Å²) in [6, 6.07) is 0. The van der Waals surface area contributed by atoms with Crippen molar-refractivity contribution in [2.75, 3.05) is 11.9 Å². The first-order valence-electron chi connectivity index (χ1n) is 5.10. The normalized spacial score (nSPS) is 9.53. The fraction of sp³-hybridized carbons (Fsp3) is 0.0909. The van der Waals surface area contributed by atoms with Crippen LogP contribution in [0, 0.1) is 11.8 Å². The molecule has 2 heterocycles. The number of anilines is 1. The van der Waals surface area contributed by atoms with Crippen molar-refractivity contribution >= 4 is 22.4 Å². The third-order valence-electron chi connectivity index (χ3n) is 1.92. The third kappa shape index (κ3) is 3.48. The van der Waals surface area contributed by atoms with Crippen LogP contribution in [0.5, 0.6) is 0 Å². The smallest absolute Gasteiger partial charge is 0.277 e. The van der Waals surface area contributed by atoms with E-state index in [1.807, 2.05) is 0 Å². The summed E-state index contributed by atoms with van der Waals surface area (Å²) in [5, 5.41) is 11.4. The summed E-state index contributed by atoms with van der Waals surface area (Å²) in [5.41, 5.74) is -0.301. The summed E-state index contributed by atoms with van der Waals surface area (Å²) in [5.74, 6) is 4.68. The summed E-state index contributed by atoms with van der Waals surface area (Å²) in [7, 11) is 0. The van der Waals surface area contributed by atoms with Crippen molar-refractivity contribution in [3.8, 4) is 11.8 Å². The Morgan fingerprint density at radius 2 is 2.32 bits per heavy atom. The van der Waals surface area contributed by atoms with Crippen molar-refractivity contribution in [3.63, 3.8) is 0 Å². The molecule has 0 aliphatic rings. The molecule has 3 N–H and O–H groups in total. The topological polar surface area (TPSA) is 108 Å². The molecule has 0 spiro atoms. The van der Waals surface area contributed by atoms with Crippen molar-refractivity contribution in [1.29, 1.82) is 0 Å². The summed E-state index contributed by atoms with van der Waals surface area (Å²) >= 11 is 1.17. The molecular formula is C11H8N4O3S. The van der Waals surface area contributed by atoms with Crippen LogP contribution in [0.2, 0.25) is 0 Å². The van der Waals surface area contributed by atoms with Crippen molar-refractivity contribution in [1.82, 2.24) is 15.0 Å². The Bertz CT molecular complexity index is 690. The van der Waals surface area contributed by atoms with Crippen LogP contribution < -0.4 is 10.9 Å². The van der Waals surface area contributed by atoms with Gasteiger partial charge in [-0.05, 0) is 0 Å². The number of amides is 1. The highest BCUT2D eigenvalue weighted by molar-refractivity contribution is 7.16. The Balaban J connectivity index is 2.08. The van der Waals surface area contributed by atoms with E-state index in [0.717, 1.165) is 6.20 Å². The first kappa shape index (κ1) is 12.9. The molecule has 2 rings (SSSR count). The van der Waals surface area contributed by atoms with Crippen molar-refractivity contribution in [3.05, 3.63) is 39.5 Å². The van der Waals surface area contributed by atoms with E-state index in [1.54, 1.807) is 0 Å². The van der Waals surface area contributed by atoms with Gasteiger partial charge in [0.25, 0.3) is 11.5 Å². The maximum Gasteiger partial charge on any atom is 0.277 e. The number of hydrogen-bond acceptors (Lipinski definition) is 6. The molecule has 2 aromatic heterocycles. The molecule has 0 radical (unpaired) electrons. The van der Waals surface area contributed by atoms with Gasteiger partial charge in [-0.2, -0.15) is 0 Å². The number of aromatic nitrogens is 3. The first-order chi connectivity index (χ1) is 9.19. The van der Waals surface area contributed by atoms with Gasteiger partial charge >= 0.3 is 0 Å². The van der Waals surface area contributed by atoms with Gasteiger partial charge in [-0.1, -0.05) is 23.2 Å². The van der Waals surface area contributed by atoms with Crippen LogP contribution in [0.4, 0.5) is 5.13 Å². The lowest BCUT2D eigenvalue weighted by Crippen LogP contribution is -2.16. The Labute approximate surface area is 111 Å². The van der Waals surface area contributed by atoms with Gasteiger partial charge in [0.05, 0.1) is 17.3 Å². The van der Waals surface area contributed by atoms with E-state index in [1.165, 1.54) is 23.7 Å². The number of rotatable bonds is 2. The minimum Gasteiger partial charge on any atom is -0.384 e. The predicted molar refractivity (Wildman–Crippen MR) is 68.9 cm³/mol. The zero-order valence-corrected chi connectivity index (χ0v) is 10.3. The first-order valence-corrected chi connectivity index (χ1v) is 5.92. The lowest BCUT2D eigenvalue weighted by atomic mass is 10.4. The van der Waals surface area contributed by atoms with E-state index in [-0.39, 0.29) is 17.9 Å². The Kier molecular flexibility index (Phi) is 4.02. The van der Waals surface area contributed by atoms with Crippen LogP contribution in [-0.2, 0) is 0 Å². The van der Waals surface area contributed by atoms with Crippen LogP contribution in [0.3, 0.4) is 0 Å². The number of hydrogen-bond donors (Lipinski definition) is 3. The Morgan fingerprint density at radius 3 is 3.00 bits per heavy atom. The van der Waals surface area contributed by atoms with Gasteiger partial charge in [0, 0.05) is 6.20 Å². The molecule has 0 fully saturated rings. The highest BCUT2D eigenvalue weighted by Crippen LogP contribution is 2.17. The Morgan fingerprint density at radius 1 is 1.47 bits per heavy atom. The third-order valence-corrected chi connectivity index (χ3v) is 2.75. The van der Waals surface area contributed by atoms with Crippen molar-refractivity contribution in [2.45, 2.75) is 0 Å². The van der Waals surface area contributed by atoms with E-state index in [9.17, 15) is 9.59 Å². The van der Waals surface area contributed by atoms with Crippen LogP contribution >= 0.6 is 11.3 Å². The molecule has 0 aliphatic heterocycles. The van der Waals surface area contributed by atoms with Crippen LogP contribution in [-0.4, -0.2) is 32.6 Å². The lowest BCUT2D eigenvalue weighted by molar-refractivity contribution is 0.102. The molecule has 0 unspecified atom stereocenters. The lowest BCUT2D eigenvalue weighted by Gasteiger charge is -1.98. The molecule has 0 saturated carbocycles. The SMILES string of the molecule is O=C(Nc1ncc(C#CCO)s1)c1c[nH]c(=O)cn1. The van der Waals surface area contributed by atoms with Crippen molar-refractivity contribution in [2.24, 2.45) is 0 Å². The van der Waals surface area contributed by atoms with E-state index in [4.69, 9.17) is 5.11 Å². The monoisotopic (exact) mass is 276 g/mol. The second kappa shape index (κ2) is 5.90. The number of H-pyrrole nitrogens is 1. The van der Waals surface area contributed by atoms with E-state index >= 15 is 0 Å². The number of aromatic amines is 1. The number of carbonyl (C=O) groups is 1. The standard InChI is InChI=1S/C11H8N4O3S/c16-3-1-2-7-4-14-11(19-7)15-10(18)8-5-13-9(17)6-12-8/h4-6,16H,3H2,(H,13,17)(H,14,15,18). The quantitative estimate of drug-likeness (QED) is 0.660. The van der Waals surface area contributed by atoms with Gasteiger partial charge in [-0.3, -0.25) is 14.9 Å². The van der Waals surface area contributed by atoms with Gasteiger partial charge in [-0.15, -0.1) is 0 Å². The molecule has 0 aliphatic carbocycles. The van der Waals surface area contributed by atoms with E-state index < -0.39 is 5.91 Å². The zero-order valence-electron chi connectivity index (χ0n) is 9.51. The fourth-order valence-corrected chi connectivity index (χ4v) is 1.83. The van der Waals surface area contributed by atoms with Gasteiger partial charge in [0.1, 0.15) is 12.3 Å². The fourth-order valence-electron chi connectivity index (χ4n) is 1.14. The average molecular weight is 276 g/mol. The van der Waals surface area contributed by atoms with Gasteiger partial charge in [0.15, 0.2) is 5.13 Å². The number of thiazole rings is 1. The van der Waals surface area contributed by atoms with Gasteiger partial charge in [0.2, 0.25) is 0 Å². The number of aliphatic hydroxyl groups excluding tert-OH is 1. The highest BCUT2D eigenvalue weighted by atomic mass is 32.1. The largest absolute Gasteiger partial charge is 0.384 e. The number of aliphatic hydroxyl groups is 1. The van der Waals surface area contributed by atoms with Gasteiger partial charge < -0.3 is 10.1 Å². The predicted octanol–water partition coefficient (Wildman–Crippen LogP) is -0.178. The van der Waals surface area contributed by atoms with Gasteiger partial charge in [-0.25, -0.2) is 9.97 Å². The molecule has 19 heavy (non-hydrogen) atoms. The summed E-state index contributed by atoms with van der Waals surface area (Å²) in [6.07, 6.45) is 3.73. The molecule has 0 saturated heterocycles. The molecule has 8 heteroatoms. The minimum atomic E-state index is -0.479. The summed E-state index contributed by atoms with van der Waals surface area (Å²) in [4.78, 5) is 33.2. The number of carbonyl (C=O) groups excluding carboxylic acids is 1. The molecule has 7 nitrogen and oxygen atoms in total. The highest BCUT2D eigenvalue weighted by Gasteiger charge is 2.09. The second-order valence-corrected chi connectivity index (χ2v) is 4.27. The van der Waals surface area contributed by atoms with Crippen LogP contribution in [0.1, 0.15) is 15.4 Å². The number of nitrogens with zero attached hydrogens (tertiary/aromatic N) is 2. The average Bonchev–Trinajstić information content (AvgIpc) is 2.84. The second-order valence-electron chi connectivity index (χ2n) is 3.24. The van der Waals surface area contributed by atoms with Crippen LogP contribution in [0.25, 0.3) is 0 Å². The van der Waals surface area contributed by atoms with Crippen LogP contribution in [0.15, 0.2) is 23.4 Å². The molecular weight excluding hydrogens is 268 g/mol. The molecule has 0 atom stereocenters. The van der Waals surface area contributed by atoms with Crippen molar-refractivity contribution < 1.29 is 9.90 Å². The minimum absolute atomic E-state index is 0.0813. The maximum atomic E-state index is 11.7. The number of nitrogens with one attached hydrogen (secondary N) is 2. The maximum absolute atomic E-state index is 11.7. The molecule has 0 aromatic carbocycles. The summed E-state index contributed by atoms with van der Waals surface area (Å²) < 4.78 is 0. The molecule has 2 aromatic rings. The summed E-state index contributed by atoms with van der Waals surface area (Å²) in [6.45, 7) is -0.235. The molecule has 1 amide bonds. The Hall–Kier alpha value is -2.50. The molecule has 0 bridgehead atoms. The van der Waals surface area contributed by atoms with E-state index in [0.29, 0.717) is 10.0 Å². The van der Waals surface area contributed by atoms with E-state index in [2.05, 4.69) is 32.1 Å². The zero-order chi connectivity index (χ0) is 13.7. The molecule has 96 valence electrons.